The number of carbonyl (C=O) groups excluding carboxylic acids is 1. The third-order valence-corrected chi connectivity index (χ3v) is 6.62. The van der Waals surface area contributed by atoms with Crippen molar-refractivity contribution in [3.05, 3.63) is 96.2 Å². The number of nitrogens with one attached hydrogen (secondary N) is 1. The second-order valence-electron chi connectivity index (χ2n) is 9.54. The average Bonchev–Trinajstić information content (AvgIpc) is 2.97. The van der Waals surface area contributed by atoms with Crippen LogP contribution >= 0.6 is 0 Å². The SMILES string of the molecule is COc1cc(NC(C)CCCN(Cc2ccccc2OC)C(=O)COCc2ccccc2)c2ncccc2c1. The third-order valence-electron chi connectivity index (χ3n) is 6.62. The van der Waals surface area contributed by atoms with Crippen molar-refractivity contribution in [3.63, 3.8) is 0 Å². The van der Waals surface area contributed by atoms with Crippen LogP contribution in [-0.2, 0) is 22.7 Å². The second kappa shape index (κ2) is 14.2. The molecule has 0 saturated carbocycles. The largest absolute Gasteiger partial charge is 0.497 e. The fourth-order valence-corrected chi connectivity index (χ4v) is 4.57. The van der Waals surface area contributed by atoms with Crippen molar-refractivity contribution in [3.8, 4) is 11.5 Å². The second-order valence-corrected chi connectivity index (χ2v) is 9.54. The highest BCUT2D eigenvalue weighted by Crippen LogP contribution is 2.28. The Morgan fingerprint density at radius 3 is 2.56 bits per heavy atom. The molecule has 7 nitrogen and oxygen atoms in total. The van der Waals surface area contributed by atoms with Crippen molar-refractivity contribution in [2.45, 2.75) is 39.0 Å². The first-order valence-electron chi connectivity index (χ1n) is 13.3. The molecule has 1 amide bonds. The van der Waals surface area contributed by atoms with Gasteiger partial charge in [-0.25, -0.2) is 0 Å². The maximum absolute atomic E-state index is 13.2. The normalized spacial score (nSPS) is 11.7. The molecule has 1 N–H and O–H groups in total. The first-order valence-corrected chi connectivity index (χ1v) is 13.3. The quantitative estimate of drug-likeness (QED) is 0.214. The zero-order valence-electron chi connectivity index (χ0n) is 22.9. The fraction of sp³-hybridized carbons (Fsp3) is 0.312. The van der Waals surface area contributed by atoms with Crippen LogP contribution in [0.25, 0.3) is 10.9 Å². The Bertz CT molecular complexity index is 1350. The molecule has 7 heteroatoms. The molecule has 1 atom stereocenters. The molecule has 0 radical (unpaired) electrons. The summed E-state index contributed by atoms with van der Waals surface area (Å²) in [4.78, 5) is 19.7. The van der Waals surface area contributed by atoms with Gasteiger partial charge in [-0.05, 0) is 43.5 Å². The van der Waals surface area contributed by atoms with E-state index in [4.69, 9.17) is 14.2 Å². The molecule has 3 aromatic carbocycles. The van der Waals surface area contributed by atoms with E-state index in [1.54, 1.807) is 20.4 Å². The first-order chi connectivity index (χ1) is 19.1. The van der Waals surface area contributed by atoms with Gasteiger partial charge in [0.15, 0.2) is 0 Å². The predicted octanol–water partition coefficient (Wildman–Crippen LogP) is 6.08. The van der Waals surface area contributed by atoms with Gasteiger partial charge in [0.1, 0.15) is 18.1 Å². The molecule has 1 heterocycles. The molecule has 0 spiro atoms. The van der Waals surface area contributed by atoms with Gasteiger partial charge in [-0.3, -0.25) is 9.78 Å². The van der Waals surface area contributed by atoms with Crippen molar-refractivity contribution in [2.24, 2.45) is 0 Å². The van der Waals surface area contributed by atoms with Crippen molar-refractivity contribution < 1.29 is 19.0 Å². The lowest BCUT2D eigenvalue weighted by molar-refractivity contribution is -0.137. The minimum Gasteiger partial charge on any atom is -0.497 e. The summed E-state index contributed by atoms with van der Waals surface area (Å²) < 4.78 is 16.8. The number of para-hydroxylation sites is 1. The summed E-state index contributed by atoms with van der Waals surface area (Å²) in [7, 11) is 3.32. The Morgan fingerprint density at radius 1 is 0.974 bits per heavy atom. The standard InChI is InChI=1S/C32H37N3O4/c1-24(34-29-20-28(37-2)19-26-15-9-17-33-32(26)29)11-10-18-35(21-27-14-7-8-16-30(27)38-3)31(36)23-39-22-25-12-5-4-6-13-25/h4-9,12-17,19-20,24,34H,10-11,18,21-23H2,1-3H3. The van der Waals surface area contributed by atoms with E-state index in [-0.39, 0.29) is 18.6 Å². The van der Waals surface area contributed by atoms with Crippen LogP contribution in [0.15, 0.2) is 85.1 Å². The smallest absolute Gasteiger partial charge is 0.248 e. The molecule has 0 aliphatic heterocycles. The van der Waals surface area contributed by atoms with Crippen LogP contribution in [0, 0.1) is 0 Å². The summed E-state index contributed by atoms with van der Waals surface area (Å²) in [5.74, 6) is 1.52. The maximum Gasteiger partial charge on any atom is 0.248 e. The van der Waals surface area contributed by atoms with Gasteiger partial charge in [0.05, 0.1) is 32.0 Å². The number of aromatic nitrogens is 1. The molecule has 0 saturated heterocycles. The Morgan fingerprint density at radius 2 is 1.77 bits per heavy atom. The highest BCUT2D eigenvalue weighted by atomic mass is 16.5. The van der Waals surface area contributed by atoms with Gasteiger partial charge in [0.25, 0.3) is 0 Å². The monoisotopic (exact) mass is 527 g/mol. The lowest BCUT2D eigenvalue weighted by Crippen LogP contribution is -2.35. The summed E-state index contributed by atoms with van der Waals surface area (Å²) in [6.07, 6.45) is 3.49. The minimum atomic E-state index is -0.0413. The molecule has 0 aliphatic carbocycles. The van der Waals surface area contributed by atoms with Crippen LogP contribution in [-0.4, -0.2) is 49.2 Å². The van der Waals surface area contributed by atoms with Crippen LogP contribution < -0.4 is 14.8 Å². The van der Waals surface area contributed by atoms with Gasteiger partial charge < -0.3 is 24.4 Å². The molecule has 0 fully saturated rings. The summed E-state index contributed by atoms with van der Waals surface area (Å²) in [6.45, 7) is 3.64. The van der Waals surface area contributed by atoms with Crippen LogP contribution in [0.2, 0.25) is 0 Å². The highest BCUT2D eigenvalue weighted by Gasteiger charge is 2.17. The van der Waals surface area contributed by atoms with Crippen LogP contribution in [0.3, 0.4) is 0 Å². The van der Waals surface area contributed by atoms with Crippen molar-refractivity contribution in [1.82, 2.24) is 9.88 Å². The van der Waals surface area contributed by atoms with Gasteiger partial charge in [-0.2, -0.15) is 0 Å². The number of methoxy groups -OCH3 is 2. The number of hydrogen-bond donors (Lipinski definition) is 1. The number of carbonyl (C=O) groups is 1. The minimum absolute atomic E-state index is 0.0271. The Balaban J connectivity index is 1.38. The van der Waals surface area contributed by atoms with Crippen LogP contribution in [0.5, 0.6) is 11.5 Å². The molecular formula is C32H37N3O4. The number of fused-ring (bicyclic) bond motifs is 1. The van der Waals surface area contributed by atoms with E-state index in [1.165, 1.54) is 0 Å². The van der Waals surface area contributed by atoms with Crippen LogP contribution in [0.4, 0.5) is 5.69 Å². The maximum atomic E-state index is 13.2. The zero-order chi connectivity index (χ0) is 27.5. The van der Waals surface area contributed by atoms with Gasteiger partial charge in [-0.15, -0.1) is 0 Å². The molecule has 1 unspecified atom stereocenters. The number of pyridine rings is 1. The summed E-state index contributed by atoms with van der Waals surface area (Å²) in [5, 5.41) is 4.62. The van der Waals surface area contributed by atoms with E-state index in [1.807, 2.05) is 83.8 Å². The predicted molar refractivity (Wildman–Crippen MR) is 155 cm³/mol. The molecule has 0 bridgehead atoms. The fourth-order valence-electron chi connectivity index (χ4n) is 4.57. The van der Waals surface area contributed by atoms with Crippen molar-refractivity contribution in [1.29, 1.82) is 0 Å². The van der Waals surface area contributed by atoms with Gasteiger partial charge in [0.2, 0.25) is 5.91 Å². The summed E-state index contributed by atoms with van der Waals surface area (Å²) in [5.41, 5.74) is 3.86. The van der Waals surface area contributed by atoms with E-state index < -0.39 is 0 Å². The third kappa shape index (κ3) is 7.94. The van der Waals surface area contributed by atoms with Gasteiger partial charge in [0, 0.05) is 42.3 Å². The molecule has 204 valence electrons. The number of rotatable bonds is 14. The Hall–Kier alpha value is -4.10. The molecule has 0 aliphatic rings. The van der Waals surface area contributed by atoms with E-state index in [9.17, 15) is 4.79 Å². The van der Waals surface area contributed by atoms with E-state index >= 15 is 0 Å². The summed E-state index contributed by atoms with van der Waals surface area (Å²) in [6, 6.07) is 25.8. The first kappa shape index (κ1) is 27.9. The number of hydrogen-bond acceptors (Lipinski definition) is 6. The Kier molecular flexibility index (Phi) is 10.1. The van der Waals surface area contributed by atoms with E-state index in [0.29, 0.717) is 19.7 Å². The zero-order valence-corrected chi connectivity index (χ0v) is 22.9. The Labute approximate surface area is 230 Å². The van der Waals surface area contributed by atoms with Crippen molar-refractivity contribution >= 4 is 22.5 Å². The van der Waals surface area contributed by atoms with Gasteiger partial charge in [-0.1, -0.05) is 54.6 Å². The van der Waals surface area contributed by atoms with Crippen molar-refractivity contribution in [2.75, 3.05) is 32.7 Å². The average molecular weight is 528 g/mol. The molecule has 4 rings (SSSR count). The number of anilines is 1. The number of ether oxygens (including phenoxy) is 3. The molecule has 1 aromatic heterocycles. The molecular weight excluding hydrogens is 490 g/mol. The summed E-state index contributed by atoms with van der Waals surface area (Å²) >= 11 is 0. The highest BCUT2D eigenvalue weighted by molar-refractivity contribution is 5.91. The lowest BCUT2D eigenvalue weighted by atomic mass is 10.1. The molecule has 39 heavy (non-hydrogen) atoms. The van der Waals surface area contributed by atoms with Gasteiger partial charge >= 0.3 is 0 Å². The topological polar surface area (TPSA) is 72.9 Å². The van der Waals surface area contributed by atoms with E-state index in [0.717, 1.165) is 52.1 Å². The number of nitrogens with zero attached hydrogens (tertiary/aromatic N) is 2. The number of amides is 1. The number of benzene rings is 3. The molecule has 4 aromatic rings. The van der Waals surface area contributed by atoms with Crippen LogP contribution in [0.1, 0.15) is 30.9 Å². The van der Waals surface area contributed by atoms with E-state index in [2.05, 4.69) is 17.2 Å². The lowest BCUT2D eigenvalue weighted by Gasteiger charge is -2.25.